The molecule has 6 heteroatoms. The van der Waals surface area contributed by atoms with Crippen molar-refractivity contribution in [1.29, 1.82) is 0 Å². The van der Waals surface area contributed by atoms with Gasteiger partial charge >= 0.3 is 5.97 Å². The lowest BCUT2D eigenvalue weighted by atomic mass is 10.1. The van der Waals surface area contributed by atoms with Crippen LogP contribution in [0.15, 0.2) is 42.5 Å². The lowest BCUT2D eigenvalue weighted by Crippen LogP contribution is -2.26. The highest BCUT2D eigenvalue weighted by Crippen LogP contribution is 2.23. The maximum atomic E-state index is 13.9. The SMILES string of the molecule is O=C(O)c1cc(NC2CCN(Cc3ccccc3)C2)c(F)cc1F. The molecule has 2 aromatic carbocycles. The molecule has 0 radical (unpaired) electrons. The Morgan fingerprint density at radius 3 is 2.67 bits per heavy atom. The molecule has 0 saturated carbocycles. The van der Waals surface area contributed by atoms with Crippen LogP contribution in [0.25, 0.3) is 0 Å². The van der Waals surface area contributed by atoms with Crippen LogP contribution in [0.3, 0.4) is 0 Å². The minimum Gasteiger partial charge on any atom is -0.478 e. The van der Waals surface area contributed by atoms with Crippen LogP contribution in [0.5, 0.6) is 0 Å². The van der Waals surface area contributed by atoms with E-state index >= 15 is 0 Å². The molecule has 0 spiro atoms. The van der Waals surface area contributed by atoms with Crippen molar-refractivity contribution in [2.45, 2.75) is 19.0 Å². The second-order valence-corrected chi connectivity index (χ2v) is 5.97. The van der Waals surface area contributed by atoms with Crippen LogP contribution in [-0.4, -0.2) is 35.1 Å². The number of benzene rings is 2. The minimum absolute atomic E-state index is 0.00433. The summed E-state index contributed by atoms with van der Waals surface area (Å²) in [5.74, 6) is -3.26. The van der Waals surface area contributed by atoms with Crippen molar-refractivity contribution in [3.8, 4) is 0 Å². The van der Waals surface area contributed by atoms with Gasteiger partial charge in [0, 0.05) is 31.7 Å². The molecule has 3 rings (SSSR count). The van der Waals surface area contributed by atoms with Crippen molar-refractivity contribution < 1.29 is 18.7 Å². The zero-order valence-electron chi connectivity index (χ0n) is 13.0. The molecule has 1 saturated heterocycles. The first-order valence-corrected chi connectivity index (χ1v) is 7.78. The fraction of sp³-hybridized carbons (Fsp3) is 0.278. The molecule has 1 atom stereocenters. The number of carbonyl (C=O) groups is 1. The molecule has 1 fully saturated rings. The normalized spacial score (nSPS) is 17.8. The van der Waals surface area contributed by atoms with Gasteiger partial charge in [-0.05, 0) is 18.1 Å². The van der Waals surface area contributed by atoms with Gasteiger partial charge < -0.3 is 10.4 Å². The molecular weight excluding hydrogens is 314 g/mol. The molecule has 0 bridgehead atoms. The van der Waals surface area contributed by atoms with Crippen LogP contribution >= 0.6 is 0 Å². The predicted octanol–water partition coefficient (Wildman–Crippen LogP) is 3.35. The van der Waals surface area contributed by atoms with E-state index in [0.29, 0.717) is 12.6 Å². The van der Waals surface area contributed by atoms with Crippen LogP contribution in [0.2, 0.25) is 0 Å². The van der Waals surface area contributed by atoms with Crippen LogP contribution in [0.4, 0.5) is 14.5 Å². The maximum absolute atomic E-state index is 13.9. The Bertz CT molecular complexity index is 737. The first-order valence-electron chi connectivity index (χ1n) is 7.78. The molecule has 2 N–H and O–H groups in total. The number of rotatable bonds is 5. The molecule has 0 amide bonds. The van der Waals surface area contributed by atoms with E-state index in [-0.39, 0.29) is 11.7 Å². The van der Waals surface area contributed by atoms with Crippen molar-refractivity contribution >= 4 is 11.7 Å². The second-order valence-electron chi connectivity index (χ2n) is 5.97. The topological polar surface area (TPSA) is 52.6 Å². The van der Waals surface area contributed by atoms with Gasteiger partial charge in [-0.25, -0.2) is 13.6 Å². The summed E-state index contributed by atoms with van der Waals surface area (Å²) < 4.78 is 27.3. The van der Waals surface area contributed by atoms with Gasteiger partial charge in [-0.3, -0.25) is 4.90 Å². The number of nitrogens with zero attached hydrogens (tertiary/aromatic N) is 1. The van der Waals surface area contributed by atoms with E-state index in [4.69, 9.17) is 5.11 Å². The number of carboxylic acid groups (broad SMARTS) is 1. The number of carboxylic acids is 1. The summed E-state index contributed by atoms with van der Waals surface area (Å²) in [4.78, 5) is 13.2. The Balaban J connectivity index is 1.65. The lowest BCUT2D eigenvalue weighted by molar-refractivity contribution is 0.0692. The molecule has 1 aliphatic heterocycles. The van der Waals surface area contributed by atoms with Gasteiger partial charge in [0.2, 0.25) is 0 Å². The standard InChI is InChI=1S/C18H18F2N2O2/c19-15-9-16(20)17(8-14(15)18(23)24)21-13-6-7-22(11-13)10-12-4-2-1-3-5-12/h1-5,8-9,13,21H,6-7,10-11H2,(H,23,24). The van der Waals surface area contributed by atoms with Gasteiger partial charge in [0.25, 0.3) is 0 Å². The molecule has 0 aromatic heterocycles. The number of aromatic carboxylic acids is 1. The first kappa shape index (κ1) is 16.4. The monoisotopic (exact) mass is 332 g/mol. The van der Waals surface area contributed by atoms with Gasteiger partial charge in [-0.1, -0.05) is 30.3 Å². The Hall–Kier alpha value is -2.47. The summed E-state index contributed by atoms with van der Waals surface area (Å²) in [5, 5.41) is 12.0. The van der Waals surface area contributed by atoms with E-state index in [1.54, 1.807) is 0 Å². The smallest absolute Gasteiger partial charge is 0.338 e. The van der Waals surface area contributed by atoms with Gasteiger partial charge in [0.1, 0.15) is 11.6 Å². The van der Waals surface area contributed by atoms with E-state index < -0.39 is 23.2 Å². The Morgan fingerprint density at radius 1 is 1.21 bits per heavy atom. The van der Waals surface area contributed by atoms with Gasteiger partial charge in [-0.2, -0.15) is 0 Å². The number of halogens is 2. The lowest BCUT2D eigenvalue weighted by Gasteiger charge is -2.18. The van der Waals surface area contributed by atoms with Crippen LogP contribution in [-0.2, 0) is 6.54 Å². The highest BCUT2D eigenvalue weighted by atomic mass is 19.1. The van der Waals surface area contributed by atoms with Crippen molar-refractivity contribution in [1.82, 2.24) is 4.90 Å². The number of hydrogen-bond acceptors (Lipinski definition) is 3. The Morgan fingerprint density at radius 2 is 1.96 bits per heavy atom. The second kappa shape index (κ2) is 6.97. The average molecular weight is 332 g/mol. The van der Waals surface area contributed by atoms with Gasteiger partial charge in [0.15, 0.2) is 0 Å². The molecular formula is C18H18F2N2O2. The molecule has 2 aromatic rings. The van der Waals surface area contributed by atoms with Crippen LogP contribution < -0.4 is 5.32 Å². The molecule has 24 heavy (non-hydrogen) atoms. The van der Waals surface area contributed by atoms with Crippen molar-refractivity contribution in [2.75, 3.05) is 18.4 Å². The summed E-state index contributed by atoms with van der Waals surface area (Å²) >= 11 is 0. The fourth-order valence-electron chi connectivity index (χ4n) is 2.98. The zero-order valence-corrected chi connectivity index (χ0v) is 13.0. The number of hydrogen-bond donors (Lipinski definition) is 2. The summed E-state index contributed by atoms with van der Waals surface area (Å²) in [6.07, 6.45) is 0.812. The summed E-state index contributed by atoms with van der Waals surface area (Å²) in [6, 6.07) is 11.7. The molecule has 1 unspecified atom stereocenters. The Kier molecular flexibility index (Phi) is 4.76. The number of anilines is 1. The van der Waals surface area contributed by atoms with Crippen molar-refractivity contribution in [3.63, 3.8) is 0 Å². The summed E-state index contributed by atoms with van der Waals surface area (Å²) in [6.45, 7) is 2.39. The van der Waals surface area contributed by atoms with E-state index in [9.17, 15) is 13.6 Å². The third-order valence-corrected chi connectivity index (χ3v) is 4.17. The van der Waals surface area contributed by atoms with Crippen molar-refractivity contribution in [2.24, 2.45) is 0 Å². The highest BCUT2D eigenvalue weighted by Gasteiger charge is 2.24. The molecule has 1 heterocycles. The van der Waals surface area contributed by atoms with Crippen molar-refractivity contribution in [3.05, 3.63) is 65.2 Å². The summed E-state index contributed by atoms with van der Waals surface area (Å²) in [5.41, 5.74) is 0.706. The van der Waals surface area contributed by atoms with E-state index in [2.05, 4.69) is 22.3 Å². The van der Waals surface area contributed by atoms with E-state index in [0.717, 1.165) is 25.6 Å². The van der Waals surface area contributed by atoms with Crippen LogP contribution in [0, 0.1) is 11.6 Å². The molecule has 4 nitrogen and oxygen atoms in total. The maximum Gasteiger partial charge on any atom is 0.338 e. The number of likely N-dealkylation sites (tertiary alicyclic amines) is 1. The Labute approximate surface area is 138 Å². The highest BCUT2D eigenvalue weighted by molar-refractivity contribution is 5.89. The van der Waals surface area contributed by atoms with E-state index in [1.807, 2.05) is 18.2 Å². The third-order valence-electron chi connectivity index (χ3n) is 4.17. The average Bonchev–Trinajstić information content (AvgIpc) is 2.97. The first-order chi connectivity index (χ1) is 11.5. The number of nitrogens with one attached hydrogen (secondary N) is 1. The quantitative estimate of drug-likeness (QED) is 0.882. The summed E-state index contributed by atoms with van der Waals surface area (Å²) in [7, 11) is 0. The van der Waals surface area contributed by atoms with E-state index in [1.165, 1.54) is 5.56 Å². The van der Waals surface area contributed by atoms with Gasteiger partial charge in [0.05, 0.1) is 11.3 Å². The molecule has 126 valence electrons. The fourth-order valence-corrected chi connectivity index (χ4v) is 2.98. The zero-order chi connectivity index (χ0) is 17.1. The van der Waals surface area contributed by atoms with Gasteiger partial charge in [-0.15, -0.1) is 0 Å². The predicted molar refractivity (Wildman–Crippen MR) is 87.1 cm³/mol. The molecule has 1 aliphatic rings. The molecule has 0 aliphatic carbocycles. The third kappa shape index (κ3) is 3.71. The van der Waals surface area contributed by atoms with Crippen LogP contribution in [0.1, 0.15) is 22.3 Å². The minimum atomic E-state index is -1.41. The largest absolute Gasteiger partial charge is 0.478 e.